The van der Waals surface area contributed by atoms with Crippen molar-refractivity contribution in [3.05, 3.63) is 60.2 Å². The van der Waals surface area contributed by atoms with Gasteiger partial charge in [0.2, 0.25) is 17.6 Å². The van der Waals surface area contributed by atoms with Gasteiger partial charge in [-0.25, -0.2) is 0 Å². The molecule has 8 heteroatoms. The van der Waals surface area contributed by atoms with Gasteiger partial charge in [0.15, 0.2) is 0 Å². The molecule has 1 aliphatic heterocycles. The van der Waals surface area contributed by atoms with Crippen LogP contribution >= 0.6 is 0 Å². The molecule has 1 amide bonds. The molecule has 2 aromatic heterocycles. The van der Waals surface area contributed by atoms with Gasteiger partial charge in [0, 0.05) is 50.6 Å². The summed E-state index contributed by atoms with van der Waals surface area (Å²) in [5.41, 5.74) is 1.98. The fraction of sp³-hybridized carbons (Fsp3) is 0.417. The summed E-state index contributed by atoms with van der Waals surface area (Å²) in [5.74, 6) is 2.16. The molecule has 0 N–H and O–H groups in total. The molecule has 32 heavy (non-hydrogen) atoms. The summed E-state index contributed by atoms with van der Waals surface area (Å²) in [6.07, 6.45) is 5.61. The molecule has 1 aliphatic rings. The summed E-state index contributed by atoms with van der Waals surface area (Å²) < 4.78 is 10.7. The first-order valence-corrected chi connectivity index (χ1v) is 11.0. The van der Waals surface area contributed by atoms with Crippen molar-refractivity contribution in [3.8, 4) is 17.1 Å². The maximum absolute atomic E-state index is 12.8. The minimum atomic E-state index is -0.0118. The second-order valence-electron chi connectivity index (χ2n) is 7.99. The second-order valence-corrected chi connectivity index (χ2v) is 7.99. The summed E-state index contributed by atoms with van der Waals surface area (Å²) >= 11 is 0. The molecule has 168 valence electrons. The number of nitrogens with zero attached hydrogens (tertiary/aromatic N) is 5. The van der Waals surface area contributed by atoms with Gasteiger partial charge in [-0.05, 0) is 49.6 Å². The Morgan fingerprint density at radius 3 is 2.75 bits per heavy atom. The molecule has 3 aromatic rings. The van der Waals surface area contributed by atoms with Crippen LogP contribution in [0.1, 0.15) is 37.3 Å². The number of methoxy groups -OCH3 is 1. The van der Waals surface area contributed by atoms with Crippen LogP contribution in [0.4, 0.5) is 0 Å². The van der Waals surface area contributed by atoms with E-state index in [1.807, 2.05) is 41.3 Å². The number of hydrogen-bond acceptors (Lipinski definition) is 7. The maximum Gasteiger partial charge on any atom is 0.244 e. The van der Waals surface area contributed by atoms with Crippen molar-refractivity contribution in [2.45, 2.75) is 32.2 Å². The first-order valence-electron chi connectivity index (χ1n) is 11.0. The highest BCUT2D eigenvalue weighted by Crippen LogP contribution is 2.23. The predicted molar refractivity (Wildman–Crippen MR) is 120 cm³/mol. The van der Waals surface area contributed by atoms with Crippen LogP contribution in [-0.4, -0.2) is 64.1 Å². The topological polar surface area (TPSA) is 84.6 Å². The fourth-order valence-corrected chi connectivity index (χ4v) is 3.95. The Labute approximate surface area is 188 Å². The van der Waals surface area contributed by atoms with Crippen LogP contribution in [0.5, 0.6) is 5.75 Å². The van der Waals surface area contributed by atoms with Crippen LogP contribution in [0.3, 0.4) is 0 Å². The molecule has 1 atom stereocenters. The number of pyridine rings is 1. The van der Waals surface area contributed by atoms with E-state index in [4.69, 9.17) is 9.26 Å². The van der Waals surface area contributed by atoms with Gasteiger partial charge in [-0.1, -0.05) is 17.3 Å². The summed E-state index contributed by atoms with van der Waals surface area (Å²) in [6, 6.07) is 11.6. The van der Waals surface area contributed by atoms with Crippen LogP contribution in [0.15, 0.2) is 53.3 Å². The second kappa shape index (κ2) is 10.4. The van der Waals surface area contributed by atoms with E-state index >= 15 is 0 Å². The summed E-state index contributed by atoms with van der Waals surface area (Å²) in [5, 5.41) is 4.11. The zero-order chi connectivity index (χ0) is 22.3. The van der Waals surface area contributed by atoms with Gasteiger partial charge in [-0.2, -0.15) is 4.98 Å². The molecule has 0 radical (unpaired) electrons. The number of amides is 1. The first-order chi connectivity index (χ1) is 15.6. The van der Waals surface area contributed by atoms with Gasteiger partial charge in [-0.15, -0.1) is 0 Å². The highest BCUT2D eigenvalue weighted by atomic mass is 16.5. The van der Waals surface area contributed by atoms with E-state index in [-0.39, 0.29) is 11.9 Å². The Hall–Kier alpha value is -3.26. The van der Waals surface area contributed by atoms with Crippen molar-refractivity contribution in [3.63, 3.8) is 0 Å². The number of benzene rings is 1. The largest absolute Gasteiger partial charge is 0.497 e. The monoisotopic (exact) mass is 435 g/mol. The lowest BCUT2D eigenvalue weighted by atomic mass is 10.1. The van der Waals surface area contributed by atoms with Crippen molar-refractivity contribution in [1.29, 1.82) is 0 Å². The molecular formula is C24H29N5O3. The number of rotatable bonds is 7. The number of aryl methyl sites for hydroxylation is 1. The SMILES string of the molecule is COc1ccc(CCC(=O)N2CCCN([C@@H](C)c3nc(-c4cccnc4)no3)CC2)cc1. The standard InChI is InChI=1S/C24H29N5O3/c1-18(24-26-23(27-32-24)20-5-3-12-25-17-20)28-13-4-14-29(16-15-28)22(30)11-8-19-6-9-21(31-2)10-7-19/h3,5-7,9-10,12,17-18H,4,8,11,13-16H2,1-2H3/t18-/m0/s1. The number of carbonyl (C=O) groups is 1. The van der Waals surface area contributed by atoms with Crippen LogP contribution < -0.4 is 4.74 Å². The molecule has 0 aliphatic carbocycles. The molecule has 1 aromatic carbocycles. The first kappa shape index (κ1) is 22.0. The van der Waals surface area contributed by atoms with Crippen LogP contribution in [-0.2, 0) is 11.2 Å². The third kappa shape index (κ3) is 5.31. The lowest BCUT2D eigenvalue weighted by Crippen LogP contribution is -2.36. The van der Waals surface area contributed by atoms with E-state index in [9.17, 15) is 4.79 Å². The van der Waals surface area contributed by atoms with E-state index in [1.54, 1.807) is 19.5 Å². The fourth-order valence-electron chi connectivity index (χ4n) is 3.95. The minimum absolute atomic E-state index is 0.0118. The van der Waals surface area contributed by atoms with E-state index < -0.39 is 0 Å². The summed E-state index contributed by atoms with van der Waals surface area (Å²) in [6.45, 7) is 5.21. The molecular weight excluding hydrogens is 406 g/mol. The molecule has 0 bridgehead atoms. The third-order valence-corrected chi connectivity index (χ3v) is 5.94. The quantitative estimate of drug-likeness (QED) is 0.562. The van der Waals surface area contributed by atoms with Crippen molar-refractivity contribution in [1.82, 2.24) is 24.9 Å². The van der Waals surface area contributed by atoms with Gasteiger partial charge in [0.1, 0.15) is 5.75 Å². The zero-order valence-electron chi connectivity index (χ0n) is 18.6. The van der Waals surface area contributed by atoms with Gasteiger partial charge in [0.05, 0.1) is 13.2 Å². The smallest absolute Gasteiger partial charge is 0.244 e. The van der Waals surface area contributed by atoms with Crippen molar-refractivity contribution in [2.75, 3.05) is 33.3 Å². The third-order valence-electron chi connectivity index (χ3n) is 5.94. The van der Waals surface area contributed by atoms with E-state index in [0.717, 1.165) is 49.4 Å². The minimum Gasteiger partial charge on any atom is -0.497 e. The molecule has 3 heterocycles. The number of hydrogen-bond donors (Lipinski definition) is 0. The van der Waals surface area contributed by atoms with Crippen LogP contribution in [0.25, 0.3) is 11.4 Å². The lowest BCUT2D eigenvalue weighted by molar-refractivity contribution is -0.131. The average Bonchev–Trinajstić information content (AvgIpc) is 3.21. The van der Waals surface area contributed by atoms with E-state index in [2.05, 4.69) is 26.9 Å². The molecule has 1 saturated heterocycles. The van der Waals surface area contributed by atoms with E-state index in [0.29, 0.717) is 24.7 Å². The Morgan fingerprint density at radius 1 is 1.16 bits per heavy atom. The highest BCUT2D eigenvalue weighted by Gasteiger charge is 2.26. The van der Waals surface area contributed by atoms with Gasteiger partial charge < -0.3 is 14.2 Å². The molecule has 0 unspecified atom stereocenters. The molecule has 0 spiro atoms. The summed E-state index contributed by atoms with van der Waals surface area (Å²) in [4.78, 5) is 25.7. The molecule has 4 rings (SSSR count). The maximum atomic E-state index is 12.8. The van der Waals surface area contributed by atoms with Gasteiger partial charge in [0.25, 0.3) is 0 Å². The predicted octanol–water partition coefficient (Wildman–Crippen LogP) is 3.37. The zero-order valence-corrected chi connectivity index (χ0v) is 18.6. The molecule has 0 saturated carbocycles. The highest BCUT2D eigenvalue weighted by molar-refractivity contribution is 5.76. The van der Waals surface area contributed by atoms with Gasteiger partial charge in [-0.3, -0.25) is 14.7 Å². The Bertz CT molecular complexity index is 1010. The average molecular weight is 436 g/mol. The Kier molecular flexibility index (Phi) is 7.11. The van der Waals surface area contributed by atoms with Gasteiger partial charge >= 0.3 is 0 Å². The Morgan fingerprint density at radius 2 is 2.00 bits per heavy atom. The number of ether oxygens (including phenoxy) is 1. The number of carbonyl (C=O) groups excluding carboxylic acids is 1. The normalized spacial score (nSPS) is 15.9. The Balaban J connectivity index is 1.30. The van der Waals surface area contributed by atoms with Crippen molar-refractivity contribution >= 4 is 5.91 Å². The van der Waals surface area contributed by atoms with Crippen molar-refractivity contribution in [2.24, 2.45) is 0 Å². The van der Waals surface area contributed by atoms with Crippen molar-refractivity contribution < 1.29 is 14.1 Å². The van der Waals surface area contributed by atoms with Crippen LogP contribution in [0, 0.1) is 0 Å². The molecule has 1 fully saturated rings. The number of aromatic nitrogens is 3. The lowest BCUT2D eigenvalue weighted by Gasteiger charge is -2.25. The summed E-state index contributed by atoms with van der Waals surface area (Å²) in [7, 11) is 1.65. The van der Waals surface area contributed by atoms with E-state index in [1.165, 1.54) is 0 Å². The molecule has 8 nitrogen and oxygen atoms in total. The van der Waals surface area contributed by atoms with Crippen LogP contribution in [0.2, 0.25) is 0 Å².